The Balaban J connectivity index is 0.000000139. The molecule has 121 heavy (non-hydrogen) atoms. The highest BCUT2D eigenvalue weighted by atomic mass is 16.5. The summed E-state index contributed by atoms with van der Waals surface area (Å²) >= 11 is 0. The Hall–Kier alpha value is -12.8. The van der Waals surface area contributed by atoms with E-state index in [0.717, 1.165) is 229 Å². The number of carbonyl (C=O) groups excluding carboxylic acids is 2. The minimum Gasteiger partial charge on any atom is -0.457 e. The molecule has 34 heteroatoms. The van der Waals surface area contributed by atoms with Gasteiger partial charge in [-0.3, -0.25) is 19.4 Å². The fourth-order valence-corrected chi connectivity index (χ4v) is 14.9. The average molecular weight is 1640 g/mol. The standard InChI is InChI=1S/C28H33N9O2.C26H31N8O.C25H24N8O2.C5H9NO.C3H9NO/c1-20-15-23(3-4-25(20)39-24-8-13-36-26(16-24)30-18-32-36)34-28-27-21(5-12-37(27)33-19-31-28)17-35-10-6-22(7-11-35)29-9-14-38-2;1-5-34(6-2,7-3)16-20-10-12-33-25(20)26(28-18-30-33)31-21-8-9-23(19(4)14-21)35-22-11-13-32-24(15-22)27-17-29-32;1-17-12-19(2-3-22(17)35-21-7-11-32-23(13-21)26-15-28-32)30-25-24-18(4-10-33(24)29-16-27-25)14-31-8-5-20(34)6-9-31;7-5-1-3-6-4-2-5;1-5-3-2-4/h3-5,8,12-13,15-16,18-19,22,29H,6-7,9-11,14,17H2,1-2H3,(H,31,33,34);8-15,17-18H,5-7,16H2,1-4H3,(H,28,30,31);2-4,7,10-13,15-16H,5-6,8-9,14H2,1H3,(H,27,29,30);6H,1-4H2;2-4H2,1H3/q;+1;;;. The molecule has 630 valence electrons. The molecule has 3 saturated heterocycles. The predicted octanol–water partition coefficient (Wildman–Crippen LogP) is 12.1. The van der Waals surface area contributed by atoms with E-state index in [1.807, 2.05) is 150 Å². The molecule has 3 aromatic carbocycles. The van der Waals surface area contributed by atoms with Crippen LogP contribution in [-0.4, -0.2) is 219 Å². The molecule has 0 saturated carbocycles. The maximum Gasteiger partial charge on any atom is 0.158 e. The van der Waals surface area contributed by atoms with Gasteiger partial charge in [0.25, 0.3) is 0 Å². The molecule has 18 rings (SSSR count). The number of ketones is 2. The van der Waals surface area contributed by atoms with E-state index in [2.05, 4.69) is 153 Å². The van der Waals surface area contributed by atoms with Crippen LogP contribution in [0.3, 0.4) is 0 Å². The first-order valence-electron chi connectivity index (χ1n) is 41.1. The minimum absolute atomic E-state index is 0.343. The molecule has 3 aliphatic rings. The van der Waals surface area contributed by atoms with E-state index in [1.165, 1.54) is 30.1 Å². The molecule has 0 radical (unpaired) electrons. The summed E-state index contributed by atoms with van der Waals surface area (Å²) < 4.78 is 39.8. The molecule has 0 spiro atoms. The van der Waals surface area contributed by atoms with Crippen LogP contribution < -0.4 is 46.5 Å². The number of pyridine rings is 3. The van der Waals surface area contributed by atoms with E-state index >= 15 is 0 Å². The number of methoxy groups -OCH3 is 2. The molecule has 3 aliphatic heterocycles. The largest absolute Gasteiger partial charge is 0.457 e. The molecule has 15 aromatic rings. The molecule has 7 N–H and O–H groups in total. The van der Waals surface area contributed by atoms with Gasteiger partial charge in [-0.25, -0.2) is 57.0 Å². The third-order valence-corrected chi connectivity index (χ3v) is 21.9. The zero-order valence-electron chi connectivity index (χ0n) is 69.8. The van der Waals surface area contributed by atoms with E-state index in [4.69, 9.17) is 24.7 Å². The summed E-state index contributed by atoms with van der Waals surface area (Å²) in [5.74, 6) is 7.51. The molecule has 3 fully saturated rings. The Morgan fingerprint density at radius 2 is 0.802 bits per heavy atom. The summed E-state index contributed by atoms with van der Waals surface area (Å²) in [6.07, 6.45) is 25.7. The van der Waals surface area contributed by atoms with Crippen molar-refractivity contribution in [3.63, 3.8) is 0 Å². The maximum absolute atomic E-state index is 11.6. The van der Waals surface area contributed by atoms with Crippen LogP contribution in [0.2, 0.25) is 0 Å². The van der Waals surface area contributed by atoms with Gasteiger partial charge in [-0.15, -0.1) is 0 Å². The lowest BCUT2D eigenvalue weighted by atomic mass is 10.0. The van der Waals surface area contributed by atoms with Crippen LogP contribution in [0.4, 0.5) is 34.5 Å². The van der Waals surface area contributed by atoms with Crippen LogP contribution in [0.1, 0.15) is 92.7 Å². The Bertz CT molecular complexity index is 5910. The van der Waals surface area contributed by atoms with Crippen molar-refractivity contribution in [3.8, 4) is 34.5 Å². The number of nitrogens with one attached hydrogen (secondary N) is 5. The summed E-state index contributed by atoms with van der Waals surface area (Å²) in [7, 11) is 3.37. The summed E-state index contributed by atoms with van der Waals surface area (Å²) in [6, 6.07) is 36.1. The monoisotopic (exact) mass is 1640 g/mol. The highest BCUT2D eigenvalue weighted by molar-refractivity contribution is 5.81. The Labute approximate surface area is 701 Å². The highest BCUT2D eigenvalue weighted by Crippen LogP contribution is 2.36. The van der Waals surface area contributed by atoms with Crippen LogP contribution in [0.25, 0.3) is 33.5 Å². The lowest BCUT2D eigenvalue weighted by molar-refractivity contribution is -0.936. The van der Waals surface area contributed by atoms with Crippen molar-refractivity contribution in [2.75, 3.05) is 115 Å². The van der Waals surface area contributed by atoms with Crippen LogP contribution in [-0.2, 0) is 38.7 Å². The predicted molar refractivity (Wildman–Crippen MR) is 463 cm³/mol. The summed E-state index contributed by atoms with van der Waals surface area (Å²) in [5.41, 5.74) is 19.5. The molecule has 0 bridgehead atoms. The van der Waals surface area contributed by atoms with Gasteiger partial charge in [-0.1, -0.05) is 0 Å². The number of hydrogen-bond donors (Lipinski definition) is 6. The Morgan fingerprint density at radius 1 is 0.438 bits per heavy atom. The third kappa shape index (κ3) is 21.8. The Kier molecular flexibility index (Phi) is 28.5. The van der Waals surface area contributed by atoms with Gasteiger partial charge in [-0.05, 0) is 186 Å². The van der Waals surface area contributed by atoms with Gasteiger partial charge in [0.1, 0.15) is 107 Å². The number of hydrogen-bond acceptors (Lipinski definition) is 27. The number of rotatable bonds is 27. The zero-order chi connectivity index (χ0) is 84.0. The quantitative estimate of drug-likeness (QED) is 0.0206. The minimum atomic E-state index is 0.343. The van der Waals surface area contributed by atoms with Crippen LogP contribution in [0.5, 0.6) is 34.5 Å². The molecule has 15 heterocycles. The van der Waals surface area contributed by atoms with Crippen LogP contribution in [0.15, 0.2) is 184 Å². The number of Topliss-reactive ketones (excluding diaryl/α,β-unsaturated/α-hetero) is 2. The number of anilines is 6. The van der Waals surface area contributed by atoms with Crippen molar-refractivity contribution in [3.05, 3.63) is 218 Å². The second-order valence-corrected chi connectivity index (χ2v) is 30.0. The smallest absolute Gasteiger partial charge is 0.158 e. The lowest BCUT2D eigenvalue weighted by Crippen LogP contribution is -2.46. The van der Waals surface area contributed by atoms with Gasteiger partial charge in [-0.2, -0.15) is 30.6 Å². The number of nitrogens with zero attached hydrogens (tertiary/aromatic N) is 21. The first kappa shape index (κ1) is 84.6. The van der Waals surface area contributed by atoms with Crippen molar-refractivity contribution < 1.29 is 37.8 Å². The van der Waals surface area contributed by atoms with E-state index in [1.54, 1.807) is 46.7 Å². The van der Waals surface area contributed by atoms with Crippen LogP contribution in [0, 0.1) is 20.8 Å². The maximum atomic E-state index is 11.6. The number of fused-ring (bicyclic) bond motifs is 6. The van der Waals surface area contributed by atoms with Crippen LogP contribution >= 0.6 is 0 Å². The van der Waals surface area contributed by atoms with Gasteiger partial charge < -0.3 is 60.5 Å². The van der Waals surface area contributed by atoms with E-state index < -0.39 is 0 Å². The first-order chi connectivity index (χ1) is 59.1. The van der Waals surface area contributed by atoms with Crippen molar-refractivity contribution in [2.45, 2.75) is 106 Å². The topological polar surface area (TPSA) is 354 Å². The molecule has 0 amide bonds. The summed E-state index contributed by atoms with van der Waals surface area (Å²) in [4.78, 5) is 53.2. The average Bonchev–Trinajstić information content (AvgIpc) is 1.67. The SMILES string of the molecule is CC[N+](CC)(CC)Cc1ccn2ncnc(Nc3ccc(Oc4ccn5ncnc5c4)c(C)c3)c12.COCCN.COCCNC1CCN(Cc2ccn3ncnc(Nc4ccc(Oc5ccn6ncnc6c5)c(C)c4)c23)CC1.Cc1cc(Nc2ncnn3ccc(CN4CCC(=O)CC4)c23)ccc1Oc1ccn2ncnc2c1.O=C1CCNCC1. The van der Waals surface area contributed by atoms with Crippen molar-refractivity contribution in [1.29, 1.82) is 0 Å². The number of carbonyl (C=O) groups is 2. The number of nitrogens with two attached hydrogens (primary N) is 1. The fraction of sp³-hybridized carbons (Fsp3) is 0.356. The normalized spacial score (nSPS) is 14.1. The van der Waals surface area contributed by atoms with Gasteiger partial charge >= 0.3 is 0 Å². The number of ether oxygens (including phenoxy) is 5. The Morgan fingerprint density at radius 3 is 1.17 bits per heavy atom. The summed E-state index contributed by atoms with van der Waals surface area (Å²) in [6.45, 7) is 27.1. The molecule has 0 aliphatic carbocycles. The van der Waals surface area contributed by atoms with Gasteiger partial charge in [0.2, 0.25) is 0 Å². The number of benzene rings is 3. The molecule has 0 atom stereocenters. The third-order valence-electron chi connectivity index (χ3n) is 21.9. The lowest BCUT2D eigenvalue weighted by Gasteiger charge is -2.35. The van der Waals surface area contributed by atoms with Gasteiger partial charge in [0, 0.05) is 176 Å². The second kappa shape index (κ2) is 40.8. The molecule has 0 unspecified atom stereocenters. The zero-order valence-corrected chi connectivity index (χ0v) is 69.8. The molecule has 12 aromatic heterocycles. The van der Waals surface area contributed by atoms with E-state index in [9.17, 15) is 9.59 Å². The van der Waals surface area contributed by atoms with Crippen molar-refractivity contribution >= 4 is 79.6 Å². The molecule has 34 nitrogen and oxygen atoms in total. The van der Waals surface area contributed by atoms with Crippen molar-refractivity contribution in [1.82, 2.24) is 108 Å². The number of likely N-dealkylation sites (tertiary alicyclic amines) is 2. The van der Waals surface area contributed by atoms with E-state index in [0.29, 0.717) is 60.9 Å². The number of piperidine rings is 3. The highest BCUT2D eigenvalue weighted by Gasteiger charge is 2.27. The van der Waals surface area contributed by atoms with E-state index in [-0.39, 0.29) is 0 Å². The number of quaternary nitrogens is 1. The van der Waals surface area contributed by atoms with Gasteiger partial charge in [0.05, 0.1) is 32.8 Å². The fourth-order valence-electron chi connectivity index (χ4n) is 14.9. The summed E-state index contributed by atoms with van der Waals surface area (Å²) in [5, 5.41) is 42.8. The number of aromatic nitrogens is 18. The first-order valence-corrected chi connectivity index (χ1v) is 41.1. The van der Waals surface area contributed by atoms with Crippen molar-refractivity contribution in [2.24, 2.45) is 5.73 Å². The van der Waals surface area contributed by atoms with Gasteiger partial charge in [0.15, 0.2) is 34.4 Å². The number of aryl methyl sites for hydroxylation is 3. The molecular formula is C87H106N27O7+. The molecular weight excluding hydrogens is 1540 g/mol. The second-order valence-electron chi connectivity index (χ2n) is 30.0.